The van der Waals surface area contributed by atoms with Gasteiger partial charge < -0.3 is 4.74 Å². The van der Waals surface area contributed by atoms with Crippen molar-refractivity contribution in [2.24, 2.45) is 0 Å². The van der Waals surface area contributed by atoms with Crippen LogP contribution >= 0.6 is 31.9 Å². The molecular formula is C10H13Br2NO3S. The van der Waals surface area contributed by atoms with E-state index in [1.807, 2.05) is 6.92 Å². The van der Waals surface area contributed by atoms with E-state index in [9.17, 15) is 8.42 Å². The Morgan fingerprint density at radius 2 is 2.06 bits per heavy atom. The van der Waals surface area contributed by atoms with Gasteiger partial charge in [-0.1, -0.05) is 15.9 Å². The van der Waals surface area contributed by atoms with E-state index in [1.165, 1.54) is 0 Å². The minimum Gasteiger partial charge on any atom is -0.380 e. The molecule has 0 aromatic heterocycles. The van der Waals surface area contributed by atoms with Gasteiger partial charge in [-0.25, -0.2) is 13.1 Å². The summed E-state index contributed by atoms with van der Waals surface area (Å²) < 4.78 is 32.7. The summed E-state index contributed by atoms with van der Waals surface area (Å²) in [7, 11) is -3.50. The van der Waals surface area contributed by atoms with Gasteiger partial charge in [-0.05, 0) is 41.1 Å². The molecule has 0 radical (unpaired) electrons. The molecule has 1 N–H and O–H groups in total. The molecule has 1 aromatic rings. The van der Waals surface area contributed by atoms with Gasteiger partial charge >= 0.3 is 0 Å². The molecular weight excluding hydrogens is 374 g/mol. The normalized spacial score (nSPS) is 11.7. The molecule has 0 heterocycles. The van der Waals surface area contributed by atoms with Crippen molar-refractivity contribution < 1.29 is 13.2 Å². The van der Waals surface area contributed by atoms with Crippen molar-refractivity contribution in [3.05, 3.63) is 27.1 Å². The summed E-state index contributed by atoms with van der Waals surface area (Å²) in [5, 5.41) is 0. The molecule has 4 nitrogen and oxygen atoms in total. The molecule has 96 valence electrons. The van der Waals surface area contributed by atoms with Crippen LogP contribution in [-0.2, 0) is 14.8 Å². The Balaban J connectivity index is 2.79. The molecule has 7 heteroatoms. The number of benzene rings is 1. The maximum atomic E-state index is 12.0. The van der Waals surface area contributed by atoms with Crippen molar-refractivity contribution in [2.75, 3.05) is 19.8 Å². The molecule has 0 aliphatic heterocycles. The van der Waals surface area contributed by atoms with E-state index in [0.717, 1.165) is 0 Å². The Kier molecular flexibility index (Phi) is 6.08. The van der Waals surface area contributed by atoms with Crippen LogP contribution in [0.25, 0.3) is 0 Å². The lowest BCUT2D eigenvalue weighted by Crippen LogP contribution is -2.27. The van der Waals surface area contributed by atoms with Gasteiger partial charge in [0.1, 0.15) is 0 Å². The van der Waals surface area contributed by atoms with E-state index in [4.69, 9.17) is 4.74 Å². The summed E-state index contributed by atoms with van der Waals surface area (Å²) in [6, 6.07) is 5.00. The van der Waals surface area contributed by atoms with Gasteiger partial charge in [-0.15, -0.1) is 0 Å². The van der Waals surface area contributed by atoms with E-state index >= 15 is 0 Å². The number of hydrogen-bond donors (Lipinski definition) is 1. The summed E-state index contributed by atoms with van der Waals surface area (Å²) >= 11 is 6.46. The second-order valence-electron chi connectivity index (χ2n) is 3.17. The minimum atomic E-state index is -3.50. The van der Waals surface area contributed by atoms with Gasteiger partial charge in [0.05, 0.1) is 11.5 Å². The highest BCUT2D eigenvalue weighted by atomic mass is 79.9. The number of sulfonamides is 1. The van der Waals surface area contributed by atoms with Crippen LogP contribution in [-0.4, -0.2) is 28.2 Å². The highest BCUT2D eigenvalue weighted by Gasteiger charge is 2.17. The molecule has 1 rings (SSSR count). The average Bonchev–Trinajstić information content (AvgIpc) is 2.28. The Morgan fingerprint density at radius 3 is 2.71 bits per heavy atom. The van der Waals surface area contributed by atoms with E-state index in [1.54, 1.807) is 18.2 Å². The molecule has 0 bridgehead atoms. The van der Waals surface area contributed by atoms with Gasteiger partial charge in [-0.3, -0.25) is 0 Å². The maximum absolute atomic E-state index is 12.0. The van der Waals surface area contributed by atoms with E-state index in [0.29, 0.717) is 22.2 Å². The number of halogens is 2. The van der Waals surface area contributed by atoms with Crippen LogP contribution in [0.4, 0.5) is 0 Å². The molecule has 0 aliphatic carbocycles. The second kappa shape index (κ2) is 6.84. The predicted octanol–water partition coefficient (Wildman–Crippen LogP) is 2.53. The van der Waals surface area contributed by atoms with Crippen molar-refractivity contribution in [3.8, 4) is 0 Å². The quantitative estimate of drug-likeness (QED) is 0.764. The van der Waals surface area contributed by atoms with Crippen LogP contribution in [0, 0.1) is 0 Å². The highest BCUT2D eigenvalue weighted by molar-refractivity contribution is 9.11. The zero-order valence-corrected chi connectivity index (χ0v) is 13.2. The first kappa shape index (κ1) is 15.1. The van der Waals surface area contributed by atoms with Crippen molar-refractivity contribution >= 4 is 41.9 Å². The fourth-order valence-corrected chi connectivity index (χ4v) is 3.67. The zero-order valence-electron chi connectivity index (χ0n) is 9.24. The standard InChI is InChI=1S/C10H13Br2NO3S/c1-2-16-6-5-13-17(14,15)10-7-8(11)3-4-9(10)12/h3-4,7,13H,2,5-6H2,1H3. The molecule has 0 fully saturated rings. The van der Waals surface area contributed by atoms with Crippen LogP contribution < -0.4 is 4.72 Å². The van der Waals surface area contributed by atoms with Crippen LogP contribution in [0.5, 0.6) is 0 Å². The topological polar surface area (TPSA) is 55.4 Å². The average molecular weight is 387 g/mol. The molecule has 0 aliphatic rings. The van der Waals surface area contributed by atoms with Crippen LogP contribution in [0.15, 0.2) is 32.0 Å². The summed E-state index contributed by atoms with van der Waals surface area (Å²) in [4.78, 5) is 0.211. The Hall–Kier alpha value is 0.0500. The van der Waals surface area contributed by atoms with Crippen LogP contribution in [0.2, 0.25) is 0 Å². The molecule has 0 saturated heterocycles. The van der Waals surface area contributed by atoms with Gasteiger partial charge in [0, 0.05) is 22.1 Å². The SMILES string of the molecule is CCOCCNS(=O)(=O)c1cc(Br)ccc1Br. The van der Waals surface area contributed by atoms with Crippen molar-refractivity contribution in [2.45, 2.75) is 11.8 Å². The highest BCUT2D eigenvalue weighted by Crippen LogP contribution is 2.25. The molecule has 1 aromatic carbocycles. The third-order valence-electron chi connectivity index (χ3n) is 1.93. The van der Waals surface area contributed by atoms with Gasteiger partial charge in [0.2, 0.25) is 10.0 Å². The molecule has 0 saturated carbocycles. The lowest BCUT2D eigenvalue weighted by atomic mass is 10.4. The summed E-state index contributed by atoms with van der Waals surface area (Å²) in [6.45, 7) is 3.05. The molecule has 0 unspecified atom stereocenters. The molecule has 0 amide bonds. The lowest BCUT2D eigenvalue weighted by molar-refractivity contribution is 0.153. The van der Waals surface area contributed by atoms with Crippen molar-refractivity contribution in [1.82, 2.24) is 4.72 Å². The lowest BCUT2D eigenvalue weighted by Gasteiger charge is -2.08. The summed E-state index contributed by atoms with van der Waals surface area (Å²) in [5.41, 5.74) is 0. The van der Waals surface area contributed by atoms with E-state index < -0.39 is 10.0 Å². The fourth-order valence-electron chi connectivity index (χ4n) is 1.15. The molecule has 0 atom stereocenters. The smallest absolute Gasteiger partial charge is 0.241 e. The number of nitrogens with one attached hydrogen (secondary N) is 1. The number of hydrogen-bond acceptors (Lipinski definition) is 3. The van der Waals surface area contributed by atoms with Gasteiger partial charge in [-0.2, -0.15) is 0 Å². The third-order valence-corrected chi connectivity index (χ3v) is 4.87. The largest absolute Gasteiger partial charge is 0.380 e. The van der Waals surface area contributed by atoms with E-state index in [-0.39, 0.29) is 11.4 Å². The Labute approximate surface area is 118 Å². The number of rotatable bonds is 6. The summed E-state index contributed by atoms with van der Waals surface area (Å²) in [5.74, 6) is 0. The van der Waals surface area contributed by atoms with Gasteiger partial charge in [0.15, 0.2) is 0 Å². The monoisotopic (exact) mass is 385 g/mol. The first-order valence-electron chi connectivity index (χ1n) is 5.00. The maximum Gasteiger partial charge on any atom is 0.241 e. The van der Waals surface area contributed by atoms with Crippen molar-refractivity contribution in [1.29, 1.82) is 0 Å². The first-order valence-corrected chi connectivity index (χ1v) is 8.06. The Morgan fingerprint density at radius 1 is 1.35 bits per heavy atom. The first-order chi connectivity index (χ1) is 7.97. The minimum absolute atomic E-state index is 0.211. The third kappa shape index (κ3) is 4.67. The van der Waals surface area contributed by atoms with Gasteiger partial charge in [0.25, 0.3) is 0 Å². The van der Waals surface area contributed by atoms with Crippen LogP contribution in [0.3, 0.4) is 0 Å². The molecule has 0 spiro atoms. The zero-order chi connectivity index (χ0) is 12.9. The summed E-state index contributed by atoms with van der Waals surface area (Å²) in [6.07, 6.45) is 0. The number of ether oxygens (including phenoxy) is 1. The predicted molar refractivity (Wildman–Crippen MR) is 73.5 cm³/mol. The molecule has 17 heavy (non-hydrogen) atoms. The van der Waals surface area contributed by atoms with E-state index in [2.05, 4.69) is 36.6 Å². The Bertz CT molecular complexity index is 476. The second-order valence-corrected chi connectivity index (χ2v) is 6.67. The fraction of sp³-hybridized carbons (Fsp3) is 0.400. The van der Waals surface area contributed by atoms with Crippen molar-refractivity contribution in [3.63, 3.8) is 0 Å². The van der Waals surface area contributed by atoms with Crippen LogP contribution in [0.1, 0.15) is 6.92 Å².